The molecule has 18 nitrogen and oxygen atoms in total. The number of carbonyl (C=O) groups excluding carboxylic acids is 4. The van der Waals surface area contributed by atoms with Gasteiger partial charge in [-0.3, -0.25) is 6.79 Å². The fourth-order valence-electron chi connectivity index (χ4n) is 8.17. The molecule has 7 N–H and O–H groups in total. The van der Waals surface area contributed by atoms with Gasteiger partial charge >= 0.3 is 18.2 Å². The van der Waals surface area contributed by atoms with Crippen molar-refractivity contribution in [3.63, 3.8) is 0 Å². The Bertz CT molecular complexity index is 2730. The Balaban J connectivity index is -0.000000202. The smallest absolute Gasteiger partial charge is 0.410 e. The average molecular weight is 1500 g/mol. The molecule has 0 bridgehead atoms. The van der Waals surface area contributed by atoms with Gasteiger partial charge in [-0.1, -0.05) is 203 Å². The van der Waals surface area contributed by atoms with Crippen LogP contribution in [0.15, 0.2) is 126 Å². The van der Waals surface area contributed by atoms with E-state index in [0.29, 0.717) is 32.7 Å². The van der Waals surface area contributed by atoms with Gasteiger partial charge in [0.05, 0.1) is 24.8 Å². The van der Waals surface area contributed by atoms with E-state index in [4.69, 9.17) is 30.6 Å². The Labute approximate surface area is 639 Å². The monoisotopic (exact) mass is 1500 g/mol. The number of nitrogens with two attached hydrogens (primary N) is 1. The number of amides is 4. The van der Waals surface area contributed by atoms with Gasteiger partial charge in [-0.05, 0) is 165 Å². The molecule has 1 fully saturated rings. The predicted octanol–water partition coefficient (Wildman–Crippen LogP) is 17.2. The van der Waals surface area contributed by atoms with E-state index in [1.54, 1.807) is 25.7 Å². The number of carbonyl (C=O) groups is 3. The van der Waals surface area contributed by atoms with Gasteiger partial charge in [-0.15, -0.1) is 0 Å². The van der Waals surface area contributed by atoms with Crippen LogP contribution in [-0.4, -0.2) is 124 Å². The van der Waals surface area contributed by atoms with Crippen molar-refractivity contribution < 1.29 is 104 Å². The molecule has 20 heteroatoms. The Hall–Kier alpha value is -5.10. The summed E-state index contributed by atoms with van der Waals surface area (Å²) in [6.45, 7) is 60.0. The van der Waals surface area contributed by atoms with Crippen LogP contribution in [-0.2, 0) is 112 Å². The summed E-state index contributed by atoms with van der Waals surface area (Å²) in [5, 5.41) is 31.6. The number of ether oxygens (including phenoxy) is 2. The zero-order valence-electron chi connectivity index (χ0n) is 64.8. The second-order valence-corrected chi connectivity index (χ2v) is 23.6. The third-order valence-corrected chi connectivity index (χ3v) is 12.6. The van der Waals surface area contributed by atoms with Crippen LogP contribution in [0.1, 0.15) is 201 Å². The van der Waals surface area contributed by atoms with E-state index in [2.05, 4.69) is 102 Å². The summed E-state index contributed by atoms with van der Waals surface area (Å²) in [7, 11) is 0. The molecule has 4 amide bonds. The first kappa shape index (κ1) is 105. The molecule has 5 unspecified atom stereocenters. The van der Waals surface area contributed by atoms with Crippen molar-refractivity contribution >= 4 is 25.0 Å². The topological polar surface area (TPSA) is 248 Å². The van der Waals surface area contributed by atoms with Crippen LogP contribution < -0.4 is 21.7 Å². The normalized spacial score (nSPS) is 12.4. The number of azide groups is 1. The summed E-state index contributed by atoms with van der Waals surface area (Å²) >= 11 is 0. The van der Waals surface area contributed by atoms with Crippen molar-refractivity contribution in [3.05, 3.63) is 187 Å². The number of nitrogens with zero attached hydrogens (tertiary/aromatic N) is 6. The van der Waals surface area contributed by atoms with Gasteiger partial charge in [0.15, 0.2) is 0 Å². The number of benzene rings is 5. The maximum atomic E-state index is 12.4. The number of aliphatic hydroxyl groups is 2. The van der Waals surface area contributed by atoms with Crippen LogP contribution in [0.3, 0.4) is 0 Å². The zero-order chi connectivity index (χ0) is 74.3. The molecule has 544 valence electrons. The van der Waals surface area contributed by atoms with Gasteiger partial charge in [0.1, 0.15) is 11.2 Å². The molecule has 5 aromatic carbocycles. The molecule has 97 heavy (non-hydrogen) atoms. The Morgan fingerprint density at radius 3 is 1.18 bits per heavy atom. The van der Waals surface area contributed by atoms with E-state index in [1.807, 2.05) is 216 Å². The first-order valence-electron chi connectivity index (χ1n) is 34.0. The van der Waals surface area contributed by atoms with E-state index >= 15 is 0 Å². The third-order valence-electron chi connectivity index (χ3n) is 12.6. The first-order chi connectivity index (χ1) is 45.0. The average Bonchev–Trinajstić information content (AvgIpc) is 1.86. The maximum absolute atomic E-state index is 12.4. The zero-order valence-corrected chi connectivity index (χ0v) is 70.5. The minimum Gasteiger partial charge on any atom is -0.545 e. The van der Waals surface area contributed by atoms with Crippen molar-refractivity contribution in [2.45, 2.75) is 254 Å². The Kier molecular flexibility index (Phi) is 69.8. The van der Waals surface area contributed by atoms with E-state index in [9.17, 15) is 19.5 Å². The number of hydrogen-bond acceptors (Lipinski definition) is 12. The summed E-state index contributed by atoms with van der Waals surface area (Å²) in [6, 6.07) is 40.8. The quantitative estimate of drug-likeness (QED) is 0.0149. The van der Waals surface area contributed by atoms with Crippen molar-refractivity contribution in [2.75, 3.05) is 32.7 Å². The summed E-state index contributed by atoms with van der Waals surface area (Å²) in [5.41, 5.74) is 25.1. The first-order valence-corrected chi connectivity index (χ1v) is 34.0. The van der Waals surface area contributed by atoms with Gasteiger partial charge in [-0.2, -0.15) is 0 Å². The number of aryl methyl sites for hydroxylation is 5. The van der Waals surface area contributed by atoms with Gasteiger partial charge in [0.25, 0.3) is 0 Å². The molecule has 1 aliphatic rings. The van der Waals surface area contributed by atoms with Crippen molar-refractivity contribution in [1.29, 1.82) is 0 Å². The van der Waals surface area contributed by atoms with E-state index in [0.717, 1.165) is 48.4 Å². The Morgan fingerprint density at radius 1 is 0.588 bits per heavy atom. The van der Waals surface area contributed by atoms with Crippen LogP contribution >= 0.6 is 0 Å². The van der Waals surface area contributed by atoms with Gasteiger partial charge in [-0.25, -0.2) is 14.4 Å². The van der Waals surface area contributed by atoms with Crippen molar-refractivity contribution in [2.24, 2.45) is 10.8 Å². The summed E-state index contributed by atoms with van der Waals surface area (Å²) < 4.78 is 10.8. The summed E-state index contributed by atoms with van der Waals surface area (Å²) in [6.07, 6.45) is -1.67. The fraction of sp³-hybridized carbons (Fsp3) is 0.558. The number of aliphatic hydroxyl groups excluding tert-OH is 2. The molecule has 1 aliphatic heterocycles. The molecule has 1 heterocycles. The largest absolute Gasteiger partial charge is 0.545 e. The maximum Gasteiger partial charge on any atom is 0.410 e. The van der Waals surface area contributed by atoms with Gasteiger partial charge < -0.3 is 60.9 Å². The second kappa shape index (κ2) is 64.3. The summed E-state index contributed by atoms with van der Waals surface area (Å²) in [4.78, 5) is 51.6. The number of hydrogen-bond donors (Lipinski definition) is 6. The molecule has 5 aromatic rings. The number of urea groups is 1. The van der Waals surface area contributed by atoms with Crippen molar-refractivity contribution in [1.82, 2.24) is 30.7 Å². The number of rotatable bonds is 19. The van der Waals surface area contributed by atoms with E-state index in [1.165, 1.54) is 38.3 Å². The van der Waals surface area contributed by atoms with Crippen LogP contribution in [0.5, 0.6) is 0 Å². The molecule has 0 saturated carbocycles. The molecule has 5 atom stereocenters. The molecule has 0 aliphatic carbocycles. The number of nitrogens with one attached hydrogen (secondary N) is 3. The third kappa shape index (κ3) is 54.4. The molecule has 0 aromatic heterocycles. The van der Waals surface area contributed by atoms with Crippen LogP contribution in [0.25, 0.3) is 10.4 Å². The summed E-state index contributed by atoms with van der Waals surface area (Å²) in [5.74, 6) is 0. The minimum absolute atomic E-state index is 0. The van der Waals surface area contributed by atoms with E-state index < -0.39 is 29.5 Å². The molecule has 2 radical (unpaired) electrons. The molecule has 0 spiro atoms. The standard InChI is InChI=1S/C16H24N4O2.C16H25NO3.C12H16N2O.C11H18N2.C11H17NO.5C2H6.CHO.2Y/c1-12-8-6-7-9-14(12)11-20(10-13(2)18-19-17)15(21)22-16(3,4)5;1-12-8-6-7-9-14(12)11-17(10-13(2)18)15(19)20-16(3,4)5;1-9-5-3-4-6-11(9)8-14-7-10(2)13-12(14)15;1-9-5-3-4-6-11(9)8-13-7-10(2)12;1-9-5-3-4-6-11(9)8-12-7-10(2)13;6*1-2;;/h6-9,13H,10-11H2,1-5H3;6-9,13,18H,10-11H2,1-5H3;3-6,10H,7-8H2,1-2H3,(H,13,15);3-6,10,13H,7-8,12H2,1-2H3;3-6,10,12-13H,7-8H2,1-2H3;5*1-2H3;1H;;/q;;;;;;;;;;-1;;. The molecular weight excluding hydrogens is 1370 g/mol. The Morgan fingerprint density at radius 2 is 0.897 bits per heavy atom. The molecule has 1 saturated heterocycles. The molecular formula is C77H131N10O8Y2-. The van der Waals surface area contributed by atoms with Crippen LogP contribution in [0, 0.1) is 34.6 Å². The van der Waals surface area contributed by atoms with Crippen molar-refractivity contribution in [3.8, 4) is 0 Å². The van der Waals surface area contributed by atoms with E-state index in [-0.39, 0.29) is 102 Å². The second-order valence-electron chi connectivity index (χ2n) is 23.6. The minimum atomic E-state index is -0.591. The fourth-order valence-corrected chi connectivity index (χ4v) is 8.17. The predicted molar refractivity (Wildman–Crippen MR) is 400 cm³/mol. The van der Waals surface area contributed by atoms with Crippen LogP contribution in [0.4, 0.5) is 14.4 Å². The van der Waals surface area contributed by atoms with Crippen LogP contribution in [0.2, 0.25) is 0 Å². The molecule has 6 rings (SSSR count). The van der Waals surface area contributed by atoms with Gasteiger partial charge in [0, 0.05) is 141 Å². The SMILES string of the molecule is CC.CC.CC.CC.CC.Cc1ccccc1CN(CC(C)N=[N+]=[N-])C(=O)OC(C)(C)C.Cc1ccccc1CN(CC(C)O)C(=O)OC(C)(C)C.Cc1ccccc1CN1CC(C)NC1=O.Cc1ccccc1CNCC(C)N.Cc1ccccc1CNCC(C)O.[CH-]=O.[Y].[Y]. The van der Waals surface area contributed by atoms with Gasteiger partial charge in [0.2, 0.25) is 0 Å².